The highest BCUT2D eigenvalue weighted by atomic mass is 127. The molecule has 0 bridgehead atoms. The van der Waals surface area contributed by atoms with E-state index in [2.05, 4.69) is 45.2 Å². The van der Waals surface area contributed by atoms with Crippen LogP contribution in [0.5, 0.6) is 0 Å². The number of halogens is 2. The van der Waals surface area contributed by atoms with E-state index in [1.165, 1.54) is 12.7 Å². The molecule has 1 heterocycles. The quantitative estimate of drug-likeness (QED) is 0.292. The summed E-state index contributed by atoms with van der Waals surface area (Å²) in [5.41, 5.74) is 1.17. The molecule has 24 heavy (non-hydrogen) atoms. The molecule has 7 heteroatoms. The monoisotopic (exact) mass is 509 g/mol. The van der Waals surface area contributed by atoms with Gasteiger partial charge in [-0.05, 0) is 37.5 Å². The number of carbonyl (C=O) groups is 1. The van der Waals surface area contributed by atoms with E-state index < -0.39 is 0 Å². The predicted octanol–water partition coefficient (Wildman–Crippen LogP) is 3.42. The molecule has 1 aromatic carbocycles. The fraction of sp³-hybridized carbons (Fsp3) is 0.529. The number of ether oxygens (including phenoxy) is 1. The minimum absolute atomic E-state index is 0. The Labute approximate surface area is 169 Å². The number of methoxy groups -OCH3 is 1. The molecule has 0 spiro atoms. The highest BCUT2D eigenvalue weighted by Crippen LogP contribution is 2.19. The second kappa shape index (κ2) is 10.9. The Morgan fingerprint density at radius 3 is 2.50 bits per heavy atom. The number of carbonyl (C=O) groups excluding carboxylic acids is 1. The van der Waals surface area contributed by atoms with Gasteiger partial charge in [-0.1, -0.05) is 28.1 Å². The third-order valence-corrected chi connectivity index (χ3v) is 4.52. The SMILES string of the molecule is CCNC(=NCc1ccc(Br)cc1)N1CCC(C(=O)OC)CC1.I. The summed E-state index contributed by atoms with van der Waals surface area (Å²) in [6.45, 7) is 5.19. The number of hydrogen-bond donors (Lipinski definition) is 1. The Hall–Kier alpha value is -0.830. The topological polar surface area (TPSA) is 53.9 Å². The standard InChI is InChI=1S/C17H24BrN3O2.HI/c1-3-19-17(20-12-13-4-6-15(18)7-5-13)21-10-8-14(9-11-21)16(22)23-2;/h4-7,14H,3,8-12H2,1-2H3,(H,19,20);1H. The second-order valence-electron chi connectivity index (χ2n) is 5.58. The summed E-state index contributed by atoms with van der Waals surface area (Å²) in [4.78, 5) is 18.6. The third kappa shape index (κ3) is 6.23. The van der Waals surface area contributed by atoms with E-state index in [1.54, 1.807) is 0 Å². The maximum Gasteiger partial charge on any atom is 0.308 e. The highest BCUT2D eigenvalue weighted by molar-refractivity contribution is 14.0. The van der Waals surface area contributed by atoms with Crippen LogP contribution in [0.2, 0.25) is 0 Å². The number of benzene rings is 1. The van der Waals surface area contributed by atoms with Crippen LogP contribution in [0.3, 0.4) is 0 Å². The lowest BCUT2D eigenvalue weighted by atomic mass is 9.97. The van der Waals surface area contributed by atoms with Crippen molar-refractivity contribution in [3.05, 3.63) is 34.3 Å². The summed E-state index contributed by atoms with van der Waals surface area (Å²) < 4.78 is 5.91. The smallest absolute Gasteiger partial charge is 0.308 e. The van der Waals surface area contributed by atoms with E-state index in [9.17, 15) is 4.79 Å². The first-order valence-electron chi connectivity index (χ1n) is 7.99. The van der Waals surface area contributed by atoms with Gasteiger partial charge >= 0.3 is 5.97 Å². The van der Waals surface area contributed by atoms with Gasteiger partial charge in [0.05, 0.1) is 19.6 Å². The lowest BCUT2D eigenvalue weighted by Crippen LogP contribution is -2.46. The van der Waals surface area contributed by atoms with Crippen molar-refractivity contribution in [3.63, 3.8) is 0 Å². The van der Waals surface area contributed by atoms with E-state index in [-0.39, 0.29) is 35.9 Å². The van der Waals surface area contributed by atoms with Crippen molar-refractivity contribution in [1.29, 1.82) is 0 Å². The zero-order chi connectivity index (χ0) is 16.7. The number of nitrogens with one attached hydrogen (secondary N) is 1. The molecule has 1 aliphatic heterocycles. The summed E-state index contributed by atoms with van der Waals surface area (Å²) in [5.74, 6) is 0.839. The first-order chi connectivity index (χ1) is 11.1. The van der Waals surface area contributed by atoms with Gasteiger partial charge in [0.1, 0.15) is 0 Å². The molecule has 5 nitrogen and oxygen atoms in total. The van der Waals surface area contributed by atoms with Crippen LogP contribution in [0, 0.1) is 5.92 Å². The average molecular weight is 510 g/mol. The molecule has 1 aliphatic rings. The summed E-state index contributed by atoms with van der Waals surface area (Å²) >= 11 is 3.44. The van der Waals surface area contributed by atoms with E-state index in [1.807, 2.05) is 12.1 Å². The van der Waals surface area contributed by atoms with Gasteiger partial charge in [0, 0.05) is 24.1 Å². The molecule has 0 amide bonds. The van der Waals surface area contributed by atoms with Gasteiger partial charge in [0.25, 0.3) is 0 Å². The van der Waals surface area contributed by atoms with Crippen molar-refractivity contribution in [2.24, 2.45) is 10.9 Å². The average Bonchev–Trinajstić information content (AvgIpc) is 2.59. The molecule has 0 radical (unpaired) electrons. The largest absolute Gasteiger partial charge is 0.469 e. The molecule has 0 saturated carbocycles. The second-order valence-corrected chi connectivity index (χ2v) is 6.50. The molecule has 1 aromatic rings. The molecule has 0 unspecified atom stereocenters. The van der Waals surface area contributed by atoms with Gasteiger partial charge in [-0.2, -0.15) is 0 Å². The number of likely N-dealkylation sites (tertiary alicyclic amines) is 1. The van der Waals surface area contributed by atoms with Gasteiger partial charge < -0.3 is 15.0 Å². The zero-order valence-corrected chi connectivity index (χ0v) is 18.0. The number of piperidine rings is 1. The van der Waals surface area contributed by atoms with Gasteiger partial charge in [-0.25, -0.2) is 4.99 Å². The van der Waals surface area contributed by atoms with Crippen molar-refractivity contribution in [2.45, 2.75) is 26.3 Å². The number of aliphatic imine (C=N–C) groups is 1. The third-order valence-electron chi connectivity index (χ3n) is 3.99. The van der Waals surface area contributed by atoms with Crippen LogP contribution in [-0.2, 0) is 16.1 Å². The minimum atomic E-state index is -0.0959. The van der Waals surface area contributed by atoms with Crippen LogP contribution in [0.1, 0.15) is 25.3 Å². The molecule has 1 N–H and O–H groups in total. The molecule has 0 aliphatic carbocycles. The molecule has 2 rings (SSSR count). The maximum atomic E-state index is 11.6. The van der Waals surface area contributed by atoms with Crippen LogP contribution in [0.15, 0.2) is 33.7 Å². The molecule has 134 valence electrons. The van der Waals surface area contributed by atoms with Crippen LogP contribution in [0.25, 0.3) is 0 Å². The highest BCUT2D eigenvalue weighted by Gasteiger charge is 2.26. The Kier molecular flexibility index (Phi) is 9.65. The lowest BCUT2D eigenvalue weighted by molar-refractivity contribution is -0.146. The molecule has 0 aromatic heterocycles. The summed E-state index contributed by atoms with van der Waals surface area (Å²) in [6.07, 6.45) is 1.63. The van der Waals surface area contributed by atoms with Crippen molar-refractivity contribution in [3.8, 4) is 0 Å². The first kappa shape index (κ1) is 21.2. The molecular formula is C17H25BrIN3O2. The van der Waals surface area contributed by atoms with E-state index in [0.717, 1.165) is 42.9 Å². The predicted molar refractivity (Wildman–Crippen MR) is 111 cm³/mol. The lowest BCUT2D eigenvalue weighted by Gasteiger charge is -2.33. The van der Waals surface area contributed by atoms with Crippen molar-refractivity contribution < 1.29 is 9.53 Å². The summed E-state index contributed by atoms with van der Waals surface area (Å²) in [5, 5.41) is 3.34. The van der Waals surface area contributed by atoms with Crippen LogP contribution < -0.4 is 5.32 Å². The van der Waals surface area contributed by atoms with Crippen LogP contribution in [-0.4, -0.2) is 43.6 Å². The fourth-order valence-corrected chi connectivity index (χ4v) is 2.94. The number of esters is 1. The van der Waals surface area contributed by atoms with Gasteiger partial charge in [0.2, 0.25) is 0 Å². The number of hydrogen-bond acceptors (Lipinski definition) is 3. The molecular weight excluding hydrogens is 485 g/mol. The Bertz CT molecular complexity index is 543. The van der Waals surface area contributed by atoms with Gasteiger partial charge in [-0.15, -0.1) is 24.0 Å². The van der Waals surface area contributed by atoms with Crippen molar-refractivity contribution in [1.82, 2.24) is 10.2 Å². The van der Waals surface area contributed by atoms with Crippen LogP contribution in [0.4, 0.5) is 0 Å². The minimum Gasteiger partial charge on any atom is -0.469 e. The van der Waals surface area contributed by atoms with E-state index in [0.29, 0.717) is 6.54 Å². The summed E-state index contributed by atoms with van der Waals surface area (Å²) in [7, 11) is 1.46. The number of nitrogens with zero attached hydrogens (tertiary/aromatic N) is 2. The Morgan fingerprint density at radius 2 is 1.96 bits per heavy atom. The van der Waals surface area contributed by atoms with E-state index >= 15 is 0 Å². The normalized spacial score (nSPS) is 15.6. The Morgan fingerprint density at radius 1 is 1.33 bits per heavy atom. The molecule has 1 fully saturated rings. The zero-order valence-electron chi connectivity index (χ0n) is 14.1. The van der Waals surface area contributed by atoms with Gasteiger partial charge in [0.15, 0.2) is 5.96 Å². The fourth-order valence-electron chi connectivity index (χ4n) is 2.68. The van der Waals surface area contributed by atoms with Crippen LogP contribution >= 0.6 is 39.9 Å². The number of rotatable bonds is 4. The van der Waals surface area contributed by atoms with Crippen molar-refractivity contribution in [2.75, 3.05) is 26.7 Å². The number of guanidine groups is 1. The Balaban J connectivity index is 0.00000288. The van der Waals surface area contributed by atoms with Crippen molar-refractivity contribution >= 4 is 51.8 Å². The first-order valence-corrected chi connectivity index (χ1v) is 8.79. The summed E-state index contributed by atoms with van der Waals surface area (Å²) in [6, 6.07) is 8.19. The van der Waals surface area contributed by atoms with E-state index in [4.69, 9.17) is 9.73 Å². The molecule has 0 atom stereocenters. The van der Waals surface area contributed by atoms with Gasteiger partial charge in [-0.3, -0.25) is 4.79 Å². The molecule has 1 saturated heterocycles. The maximum absolute atomic E-state index is 11.6.